The van der Waals surface area contributed by atoms with Crippen LogP contribution in [0.3, 0.4) is 0 Å². The highest BCUT2D eigenvalue weighted by Crippen LogP contribution is 2.27. The van der Waals surface area contributed by atoms with Gasteiger partial charge < -0.3 is 8.83 Å². The Hall–Kier alpha value is -2.31. The molecule has 0 radical (unpaired) electrons. The predicted molar refractivity (Wildman–Crippen MR) is 89.1 cm³/mol. The van der Waals surface area contributed by atoms with Gasteiger partial charge in [-0.2, -0.15) is 0 Å². The van der Waals surface area contributed by atoms with Crippen LogP contribution in [0.15, 0.2) is 49.3 Å². The number of hydrogen-bond acceptors (Lipinski definition) is 5. The molecule has 1 aromatic carbocycles. The summed E-state index contributed by atoms with van der Waals surface area (Å²) in [6.07, 6.45) is 0. The second kappa shape index (κ2) is 5.40. The molecule has 0 bridgehead atoms. The second-order valence-electron chi connectivity index (χ2n) is 5.07. The smallest absolute Gasteiger partial charge is 0.420 e. The maximum Gasteiger partial charge on any atom is 0.420 e. The molecule has 5 nitrogen and oxygen atoms in total. The van der Waals surface area contributed by atoms with Crippen molar-refractivity contribution in [2.75, 3.05) is 0 Å². The van der Waals surface area contributed by atoms with Crippen molar-refractivity contribution in [3.05, 3.63) is 62.7 Å². The van der Waals surface area contributed by atoms with E-state index in [1.54, 1.807) is 29.5 Å². The molecule has 0 aliphatic carbocycles. The van der Waals surface area contributed by atoms with Gasteiger partial charge >= 0.3 is 5.76 Å². The first kappa shape index (κ1) is 14.3. The summed E-state index contributed by atoms with van der Waals surface area (Å²) in [4.78, 5) is 17.6. The zero-order valence-electron chi connectivity index (χ0n) is 12.1. The van der Waals surface area contributed by atoms with Crippen molar-refractivity contribution in [2.45, 2.75) is 13.5 Å². The van der Waals surface area contributed by atoms with Gasteiger partial charge in [-0.05, 0) is 30.5 Å². The van der Waals surface area contributed by atoms with Gasteiger partial charge in [-0.1, -0.05) is 17.7 Å². The van der Waals surface area contributed by atoms with Crippen LogP contribution in [0.25, 0.3) is 21.9 Å². The van der Waals surface area contributed by atoms with Crippen molar-refractivity contribution in [1.82, 2.24) is 9.55 Å². The van der Waals surface area contributed by atoms with Crippen LogP contribution in [-0.2, 0) is 6.54 Å². The van der Waals surface area contributed by atoms with E-state index in [0.717, 1.165) is 4.88 Å². The molecule has 0 saturated heterocycles. The summed E-state index contributed by atoms with van der Waals surface area (Å²) in [5.41, 5.74) is 1.84. The van der Waals surface area contributed by atoms with Gasteiger partial charge in [-0.15, -0.1) is 11.3 Å². The number of benzene rings is 1. The van der Waals surface area contributed by atoms with Crippen LogP contribution in [0, 0.1) is 6.92 Å². The number of halogens is 1. The third-order valence-corrected chi connectivity index (χ3v) is 4.66. The van der Waals surface area contributed by atoms with Gasteiger partial charge in [0, 0.05) is 11.1 Å². The molecule has 4 rings (SSSR count). The fraction of sp³-hybridized carbons (Fsp3) is 0.125. The van der Waals surface area contributed by atoms with Crippen LogP contribution < -0.4 is 5.76 Å². The minimum absolute atomic E-state index is 0.286. The van der Waals surface area contributed by atoms with Gasteiger partial charge in [0.1, 0.15) is 11.5 Å². The van der Waals surface area contributed by atoms with Gasteiger partial charge in [-0.3, -0.25) is 4.57 Å². The Kier molecular flexibility index (Phi) is 3.36. The van der Waals surface area contributed by atoms with Crippen molar-refractivity contribution in [2.24, 2.45) is 0 Å². The zero-order valence-corrected chi connectivity index (χ0v) is 13.6. The van der Waals surface area contributed by atoms with Crippen LogP contribution in [0.2, 0.25) is 5.02 Å². The molecule has 0 saturated carbocycles. The van der Waals surface area contributed by atoms with Gasteiger partial charge in [0.15, 0.2) is 5.58 Å². The van der Waals surface area contributed by atoms with E-state index in [1.807, 2.05) is 24.4 Å². The lowest BCUT2D eigenvalue weighted by atomic mass is 10.3. The maximum atomic E-state index is 12.1. The van der Waals surface area contributed by atoms with Crippen LogP contribution in [0.4, 0.5) is 0 Å². The van der Waals surface area contributed by atoms with Crippen LogP contribution >= 0.6 is 22.9 Å². The Morgan fingerprint density at radius 3 is 2.96 bits per heavy atom. The summed E-state index contributed by atoms with van der Waals surface area (Å²) in [6.45, 7) is 2.12. The van der Waals surface area contributed by atoms with Crippen LogP contribution in [0.1, 0.15) is 11.5 Å². The number of thiophene rings is 1. The third kappa shape index (κ3) is 2.50. The molecule has 23 heavy (non-hydrogen) atoms. The average Bonchev–Trinajstić information content (AvgIpc) is 3.20. The number of aryl methyl sites for hydroxylation is 1. The molecule has 3 aromatic heterocycles. The number of nitrogens with zero attached hydrogens (tertiary/aromatic N) is 2. The predicted octanol–water partition coefficient (Wildman–Crippen LogP) is 4.32. The number of fused-ring (bicyclic) bond motifs is 1. The molecule has 0 unspecified atom stereocenters. The molecule has 116 valence electrons. The van der Waals surface area contributed by atoms with E-state index in [-0.39, 0.29) is 6.54 Å². The standard InChI is InChI=1S/C16H11ClN2O3S/c1-9-11(18-15(21-9)14-3-2-6-23-14)8-19-12-5-4-10(17)7-13(12)22-16(19)20/h2-7H,8H2,1H3. The monoisotopic (exact) mass is 346 g/mol. The van der Waals surface area contributed by atoms with Gasteiger partial charge in [-0.25, -0.2) is 9.78 Å². The number of oxazole rings is 2. The fourth-order valence-corrected chi connectivity index (χ4v) is 3.23. The quantitative estimate of drug-likeness (QED) is 0.554. The third-order valence-electron chi connectivity index (χ3n) is 3.56. The average molecular weight is 347 g/mol. The summed E-state index contributed by atoms with van der Waals surface area (Å²) in [7, 11) is 0. The fourth-order valence-electron chi connectivity index (χ4n) is 2.42. The van der Waals surface area contributed by atoms with Crippen LogP contribution in [-0.4, -0.2) is 9.55 Å². The van der Waals surface area contributed by atoms with Crippen molar-refractivity contribution < 1.29 is 8.83 Å². The van der Waals surface area contributed by atoms with E-state index < -0.39 is 5.76 Å². The molecule has 0 aliphatic rings. The number of hydrogen-bond donors (Lipinski definition) is 0. The molecule has 0 fully saturated rings. The molecule has 0 N–H and O–H groups in total. The molecule has 0 amide bonds. The van der Waals surface area contributed by atoms with Crippen molar-refractivity contribution in [3.8, 4) is 10.8 Å². The Bertz CT molecular complexity index is 1040. The lowest BCUT2D eigenvalue weighted by Gasteiger charge is -1.99. The maximum absolute atomic E-state index is 12.1. The SMILES string of the molecule is Cc1oc(-c2cccs2)nc1Cn1c(=O)oc2cc(Cl)ccc21. The normalized spacial score (nSPS) is 11.4. The molecular weight excluding hydrogens is 336 g/mol. The van der Waals surface area contributed by atoms with E-state index in [1.165, 1.54) is 4.57 Å². The summed E-state index contributed by atoms with van der Waals surface area (Å²) < 4.78 is 12.5. The number of rotatable bonds is 3. The van der Waals surface area contributed by atoms with Gasteiger partial charge in [0.2, 0.25) is 5.89 Å². The van der Waals surface area contributed by atoms with E-state index in [2.05, 4.69) is 4.98 Å². The summed E-state index contributed by atoms with van der Waals surface area (Å²) in [5, 5.41) is 2.49. The van der Waals surface area contributed by atoms with Crippen LogP contribution in [0.5, 0.6) is 0 Å². The minimum Gasteiger partial charge on any atom is -0.440 e. The Balaban J connectivity index is 1.77. The highest BCUT2D eigenvalue weighted by atomic mass is 35.5. The topological polar surface area (TPSA) is 61.2 Å². The molecule has 3 heterocycles. The Morgan fingerprint density at radius 2 is 2.17 bits per heavy atom. The highest BCUT2D eigenvalue weighted by Gasteiger charge is 2.16. The molecule has 0 spiro atoms. The molecule has 0 aliphatic heterocycles. The first-order valence-electron chi connectivity index (χ1n) is 6.91. The molecule has 4 aromatic rings. The number of aromatic nitrogens is 2. The largest absolute Gasteiger partial charge is 0.440 e. The summed E-state index contributed by atoms with van der Waals surface area (Å²) in [5.74, 6) is 0.808. The zero-order chi connectivity index (χ0) is 16.0. The second-order valence-corrected chi connectivity index (χ2v) is 6.45. The molecule has 0 atom stereocenters. The lowest BCUT2D eigenvalue weighted by Crippen LogP contribution is -2.15. The van der Waals surface area contributed by atoms with Crippen molar-refractivity contribution in [1.29, 1.82) is 0 Å². The first-order valence-corrected chi connectivity index (χ1v) is 8.16. The highest BCUT2D eigenvalue weighted by molar-refractivity contribution is 7.13. The van der Waals surface area contributed by atoms with E-state index in [9.17, 15) is 4.79 Å². The van der Waals surface area contributed by atoms with E-state index >= 15 is 0 Å². The summed E-state index contributed by atoms with van der Waals surface area (Å²) in [6, 6.07) is 9.00. The Morgan fingerprint density at radius 1 is 1.30 bits per heavy atom. The summed E-state index contributed by atoms with van der Waals surface area (Å²) >= 11 is 7.48. The molecule has 7 heteroatoms. The van der Waals surface area contributed by atoms with Crippen molar-refractivity contribution >= 4 is 34.0 Å². The Labute approximate surface area is 139 Å². The van der Waals surface area contributed by atoms with Crippen molar-refractivity contribution in [3.63, 3.8) is 0 Å². The van der Waals surface area contributed by atoms with Gasteiger partial charge in [0.05, 0.1) is 16.9 Å². The lowest BCUT2D eigenvalue weighted by molar-refractivity contribution is 0.511. The first-order chi connectivity index (χ1) is 11.1. The molecular formula is C16H11ClN2O3S. The van der Waals surface area contributed by atoms with E-state index in [4.69, 9.17) is 20.4 Å². The van der Waals surface area contributed by atoms with E-state index in [0.29, 0.717) is 33.5 Å². The van der Waals surface area contributed by atoms with Gasteiger partial charge in [0.25, 0.3) is 0 Å². The minimum atomic E-state index is -0.442.